The van der Waals surface area contributed by atoms with Crippen LogP contribution in [0.2, 0.25) is 0 Å². The number of unbranched alkanes of at least 4 members (excludes halogenated alkanes) is 2. The molecule has 18 heavy (non-hydrogen) atoms. The standard InChI is InChI=1S/C13H22N4O/c1-4-5-6-7-17(3)13(18)11-9-15-10(2)8-12(11)16-14/h8-9H,4-7,14H2,1-3H3,(H,15,16). The zero-order chi connectivity index (χ0) is 13.5. The lowest BCUT2D eigenvalue weighted by Gasteiger charge is -2.18. The van der Waals surface area contributed by atoms with E-state index < -0.39 is 0 Å². The second kappa shape index (κ2) is 6.96. The number of nitrogen functional groups attached to an aromatic ring is 1. The van der Waals surface area contributed by atoms with Crippen molar-refractivity contribution in [3.8, 4) is 0 Å². The number of pyridine rings is 1. The average molecular weight is 250 g/mol. The van der Waals surface area contributed by atoms with Crippen molar-refractivity contribution in [1.29, 1.82) is 0 Å². The number of carbonyl (C=O) groups excluding carboxylic acids is 1. The molecule has 0 fully saturated rings. The average Bonchev–Trinajstić information content (AvgIpc) is 2.37. The van der Waals surface area contributed by atoms with Crippen LogP contribution in [0.5, 0.6) is 0 Å². The zero-order valence-corrected chi connectivity index (χ0v) is 11.4. The van der Waals surface area contributed by atoms with E-state index in [9.17, 15) is 4.79 Å². The van der Waals surface area contributed by atoms with Gasteiger partial charge in [0.1, 0.15) is 0 Å². The molecule has 3 N–H and O–H groups in total. The van der Waals surface area contributed by atoms with Crippen LogP contribution in [0.4, 0.5) is 5.69 Å². The van der Waals surface area contributed by atoms with Crippen LogP contribution in [0.25, 0.3) is 0 Å². The summed E-state index contributed by atoms with van der Waals surface area (Å²) in [6.07, 6.45) is 4.86. The molecule has 0 saturated carbocycles. The maximum Gasteiger partial charge on any atom is 0.257 e. The third-order valence-corrected chi connectivity index (χ3v) is 2.87. The lowest BCUT2D eigenvalue weighted by Crippen LogP contribution is -2.29. The van der Waals surface area contributed by atoms with Gasteiger partial charge in [-0.05, 0) is 19.4 Å². The highest BCUT2D eigenvalue weighted by molar-refractivity contribution is 5.99. The summed E-state index contributed by atoms with van der Waals surface area (Å²) in [4.78, 5) is 18.1. The van der Waals surface area contributed by atoms with Crippen LogP contribution in [0.3, 0.4) is 0 Å². The summed E-state index contributed by atoms with van der Waals surface area (Å²) in [6, 6.07) is 1.77. The van der Waals surface area contributed by atoms with Crippen molar-refractivity contribution in [1.82, 2.24) is 9.88 Å². The predicted molar refractivity (Wildman–Crippen MR) is 73.3 cm³/mol. The van der Waals surface area contributed by atoms with E-state index in [1.54, 1.807) is 24.2 Å². The van der Waals surface area contributed by atoms with Gasteiger partial charge in [0, 0.05) is 25.5 Å². The normalized spacial score (nSPS) is 10.2. The monoisotopic (exact) mass is 250 g/mol. The molecule has 0 aliphatic rings. The fraction of sp³-hybridized carbons (Fsp3) is 0.538. The lowest BCUT2D eigenvalue weighted by atomic mass is 10.2. The van der Waals surface area contributed by atoms with Gasteiger partial charge in [0.2, 0.25) is 0 Å². The Bertz CT molecular complexity index is 406. The molecule has 100 valence electrons. The van der Waals surface area contributed by atoms with Crippen LogP contribution < -0.4 is 11.3 Å². The number of aromatic nitrogens is 1. The van der Waals surface area contributed by atoms with Gasteiger partial charge in [-0.25, -0.2) is 0 Å². The van der Waals surface area contributed by atoms with Gasteiger partial charge in [0.05, 0.1) is 11.3 Å². The number of nitrogens with two attached hydrogens (primary N) is 1. The molecule has 0 spiro atoms. The summed E-state index contributed by atoms with van der Waals surface area (Å²) in [6.45, 7) is 4.76. The van der Waals surface area contributed by atoms with Gasteiger partial charge in [0.25, 0.3) is 5.91 Å². The van der Waals surface area contributed by atoms with Gasteiger partial charge in [-0.1, -0.05) is 19.8 Å². The van der Waals surface area contributed by atoms with Crippen LogP contribution in [-0.2, 0) is 0 Å². The number of amides is 1. The molecule has 1 heterocycles. The summed E-state index contributed by atoms with van der Waals surface area (Å²) in [7, 11) is 1.80. The van der Waals surface area contributed by atoms with E-state index >= 15 is 0 Å². The SMILES string of the molecule is CCCCCN(C)C(=O)c1cnc(C)cc1NN. The Morgan fingerprint density at radius 1 is 1.50 bits per heavy atom. The highest BCUT2D eigenvalue weighted by Gasteiger charge is 2.15. The lowest BCUT2D eigenvalue weighted by molar-refractivity contribution is 0.0793. The zero-order valence-electron chi connectivity index (χ0n) is 11.4. The summed E-state index contributed by atoms with van der Waals surface area (Å²) >= 11 is 0. The van der Waals surface area contributed by atoms with Crippen molar-refractivity contribution in [3.63, 3.8) is 0 Å². The Morgan fingerprint density at radius 3 is 2.83 bits per heavy atom. The van der Waals surface area contributed by atoms with E-state index in [1.165, 1.54) is 0 Å². The van der Waals surface area contributed by atoms with Crippen molar-refractivity contribution in [2.45, 2.75) is 33.1 Å². The van der Waals surface area contributed by atoms with Crippen molar-refractivity contribution >= 4 is 11.6 Å². The molecule has 0 aliphatic carbocycles. The maximum absolute atomic E-state index is 12.2. The Morgan fingerprint density at radius 2 is 2.22 bits per heavy atom. The van der Waals surface area contributed by atoms with Crippen LogP contribution in [-0.4, -0.2) is 29.4 Å². The van der Waals surface area contributed by atoms with Gasteiger partial charge in [-0.3, -0.25) is 15.6 Å². The molecular formula is C13H22N4O. The van der Waals surface area contributed by atoms with Crippen molar-refractivity contribution in [2.75, 3.05) is 19.0 Å². The van der Waals surface area contributed by atoms with Gasteiger partial charge >= 0.3 is 0 Å². The van der Waals surface area contributed by atoms with E-state index in [1.807, 2.05) is 6.92 Å². The van der Waals surface area contributed by atoms with E-state index in [2.05, 4.69) is 17.3 Å². The second-order valence-electron chi connectivity index (χ2n) is 4.45. The van der Waals surface area contributed by atoms with Crippen LogP contribution in [0, 0.1) is 6.92 Å². The number of nitrogens with zero attached hydrogens (tertiary/aromatic N) is 2. The molecule has 0 saturated heterocycles. The fourth-order valence-electron chi connectivity index (χ4n) is 1.76. The largest absolute Gasteiger partial charge is 0.342 e. The number of hydrazine groups is 1. The first-order valence-corrected chi connectivity index (χ1v) is 6.28. The maximum atomic E-state index is 12.2. The third-order valence-electron chi connectivity index (χ3n) is 2.87. The van der Waals surface area contributed by atoms with Gasteiger partial charge in [-0.15, -0.1) is 0 Å². The van der Waals surface area contributed by atoms with Gasteiger partial charge in [0.15, 0.2) is 0 Å². The summed E-state index contributed by atoms with van der Waals surface area (Å²) in [5.41, 5.74) is 4.51. The van der Waals surface area contributed by atoms with E-state index in [0.717, 1.165) is 31.5 Å². The molecule has 1 aromatic rings. The second-order valence-corrected chi connectivity index (χ2v) is 4.45. The first kappa shape index (κ1) is 14.4. The number of rotatable bonds is 6. The van der Waals surface area contributed by atoms with Crippen molar-refractivity contribution in [3.05, 3.63) is 23.5 Å². The summed E-state index contributed by atoms with van der Waals surface area (Å²) in [5, 5.41) is 0. The molecule has 5 heteroatoms. The minimum atomic E-state index is -0.0495. The van der Waals surface area contributed by atoms with Gasteiger partial charge < -0.3 is 10.3 Å². The number of carbonyl (C=O) groups is 1. The van der Waals surface area contributed by atoms with E-state index in [-0.39, 0.29) is 5.91 Å². The molecule has 0 aliphatic heterocycles. The number of nitrogens with one attached hydrogen (secondary N) is 1. The third kappa shape index (κ3) is 3.70. The molecule has 0 aromatic carbocycles. The minimum Gasteiger partial charge on any atom is -0.342 e. The molecule has 0 unspecified atom stereocenters. The molecule has 5 nitrogen and oxygen atoms in total. The Hall–Kier alpha value is -1.62. The molecule has 0 bridgehead atoms. The van der Waals surface area contributed by atoms with Crippen LogP contribution >= 0.6 is 0 Å². The number of hydrogen-bond acceptors (Lipinski definition) is 4. The van der Waals surface area contributed by atoms with E-state index in [4.69, 9.17) is 5.84 Å². The quantitative estimate of drug-likeness (QED) is 0.460. The first-order chi connectivity index (χ1) is 8.60. The van der Waals surface area contributed by atoms with Crippen LogP contribution in [0.1, 0.15) is 42.2 Å². The molecular weight excluding hydrogens is 228 g/mol. The summed E-state index contributed by atoms with van der Waals surface area (Å²) < 4.78 is 0. The number of hydrogen-bond donors (Lipinski definition) is 2. The Kier molecular flexibility index (Phi) is 5.58. The highest BCUT2D eigenvalue weighted by Crippen LogP contribution is 2.16. The fourth-order valence-corrected chi connectivity index (χ4v) is 1.76. The van der Waals surface area contributed by atoms with E-state index in [0.29, 0.717) is 11.3 Å². The molecule has 0 radical (unpaired) electrons. The smallest absolute Gasteiger partial charge is 0.257 e. The minimum absolute atomic E-state index is 0.0495. The molecule has 1 aromatic heterocycles. The highest BCUT2D eigenvalue weighted by atomic mass is 16.2. The van der Waals surface area contributed by atoms with Crippen LogP contribution in [0.15, 0.2) is 12.3 Å². The molecule has 1 rings (SSSR count). The topological polar surface area (TPSA) is 71.2 Å². The first-order valence-electron chi connectivity index (χ1n) is 6.28. The molecule has 1 amide bonds. The van der Waals surface area contributed by atoms with Crippen molar-refractivity contribution < 1.29 is 4.79 Å². The van der Waals surface area contributed by atoms with Crippen molar-refractivity contribution in [2.24, 2.45) is 5.84 Å². The molecule has 0 atom stereocenters. The van der Waals surface area contributed by atoms with Gasteiger partial charge in [-0.2, -0.15) is 0 Å². The number of aryl methyl sites for hydroxylation is 1. The summed E-state index contributed by atoms with van der Waals surface area (Å²) in [5.74, 6) is 5.38. The predicted octanol–water partition coefficient (Wildman–Crippen LogP) is 1.94. The Balaban J connectivity index is 2.76. The number of anilines is 1. The Labute approximate surface area is 108 Å².